The first-order chi connectivity index (χ1) is 8.66. The predicted molar refractivity (Wildman–Crippen MR) is 70.6 cm³/mol. The molecule has 0 saturated heterocycles. The third-order valence-corrected chi connectivity index (χ3v) is 2.89. The van der Waals surface area contributed by atoms with E-state index in [0.29, 0.717) is 0 Å². The number of aliphatic hydroxyl groups is 1. The highest BCUT2D eigenvalue weighted by molar-refractivity contribution is 5.66. The van der Waals surface area contributed by atoms with Crippen LogP contribution in [0.5, 0.6) is 0 Å². The molecule has 112 valence electrons. The molecule has 6 nitrogen and oxygen atoms in total. The van der Waals surface area contributed by atoms with Gasteiger partial charge in [0.25, 0.3) is 0 Å². The van der Waals surface area contributed by atoms with Gasteiger partial charge in [0.15, 0.2) is 0 Å². The Balaban J connectivity index is 4.92. The third kappa shape index (κ3) is 7.12. The minimum absolute atomic E-state index is 0.0600. The Morgan fingerprint density at radius 1 is 1.11 bits per heavy atom. The van der Waals surface area contributed by atoms with Gasteiger partial charge in [-0.2, -0.15) is 0 Å². The van der Waals surface area contributed by atoms with Crippen molar-refractivity contribution in [3.63, 3.8) is 0 Å². The fourth-order valence-electron chi connectivity index (χ4n) is 1.53. The number of hydrogen-bond acceptors (Lipinski definition) is 6. The van der Waals surface area contributed by atoms with Gasteiger partial charge in [-0.3, -0.25) is 14.9 Å². The van der Waals surface area contributed by atoms with Crippen LogP contribution in [0, 0.1) is 0 Å². The second-order valence-corrected chi connectivity index (χ2v) is 5.36. The van der Waals surface area contributed by atoms with Crippen molar-refractivity contribution in [1.82, 2.24) is 5.32 Å². The number of carbonyl (C=O) groups excluding carboxylic acids is 2. The maximum absolute atomic E-state index is 10.9. The Kier molecular flexibility index (Phi) is 7.00. The van der Waals surface area contributed by atoms with Crippen LogP contribution in [0.3, 0.4) is 0 Å². The average molecular weight is 275 g/mol. The molecule has 0 aromatic heterocycles. The van der Waals surface area contributed by atoms with E-state index in [2.05, 4.69) is 5.32 Å². The molecule has 0 unspecified atom stereocenters. The van der Waals surface area contributed by atoms with E-state index in [1.54, 1.807) is 0 Å². The molecule has 0 saturated carbocycles. The Hall–Kier alpha value is -1.14. The van der Waals surface area contributed by atoms with E-state index in [-0.39, 0.29) is 25.4 Å². The molecule has 2 N–H and O–H groups in total. The van der Waals surface area contributed by atoms with E-state index < -0.39 is 17.5 Å². The van der Waals surface area contributed by atoms with E-state index in [1.807, 2.05) is 20.8 Å². The lowest BCUT2D eigenvalue weighted by molar-refractivity contribution is -0.150. The summed E-state index contributed by atoms with van der Waals surface area (Å²) in [7, 11) is 0. The lowest BCUT2D eigenvalue weighted by Crippen LogP contribution is -2.62. The summed E-state index contributed by atoms with van der Waals surface area (Å²) in [6.45, 7) is 8.06. The van der Waals surface area contributed by atoms with Gasteiger partial charge in [-0.1, -0.05) is 6.92 Å². The molecule has 0 aromatic rings. The van der Waals surface area contributed by atoms with E-state index >= 15 is 0 Å². The zero-order chi connectivity index (χ0) is 15.1. The highest BCUT2D eigenvalue weighted by Gasteiger charge is 2.37. The van der Waals surface area contributed by atoms with Crippen LogP contribution in [0.25, 0.3) is 0 Å². The first kappa shape index (κ1) is 17.9. The average Bonchev–Trinajstić information content (AvgIpc) is 2.32. The van der Waals surface area contributed by atoms with E-state index in [9.17, 15) is 14.7 Å². The smallest absolute Gasteiger partial charge is 0.302 e. The number of aliphatic hydroxyl groups excluding tert-OH is 1. The fraction of sp³-hybridized carbons (Fsp3) is 0.846. The van der Waals surface area contributed by atoms with Crippen molar-refractivity contribution in [2.24, 2.45) is 0 Å². The normalized spacial score (nSPS) is 12.1. The Morgan fingerprint density at radius 2 is 1.53 bits per heavy atom. The van der Waals surface area contributed by atoms with Crippen LogP contribution in [0.4, 0.5) is 0 Å². The van der Waals surface area contributed by atoms with Gasteiger partial charge in [-0.15, -0.1) is 0 Å². The second kappa shape index (κ2) is 7.45. The van der Waals surface area contributed by atoms with Gasteiger partial charge in [0.1, 0.15) is 18.8 Å². The van der Waals surface area contributed by atoms with Crippen molar-refractivity contribution in [3.8, 4) is 0 Å². The quantitative estimate of drug-likeness (QED) is 0.632. The molecule has 0 rings (SSSR count). The minimum Gasteiger partial charge on any atom is -0.464 e. The lowest BCUT2D eigenvalue weighted by atomic mass is 9.94. The van der Waals surface area contributed by atoms with Gasteiger partial charge in [0, 0.05) is 19.4 Å². The molecule has 0 aliphatic rings. The molecule has 0 spiro atoms. The molecule has 0 aliphatic heterocycles. The molecule has 19 heavy (non-hydrogen) atoms. The summed E-state index contributed by atoms with van der Waals surface area (Å²) in [5.74, 6) is -0.895. The van der Waals surface area contributed by atoms with Crippen molar-refractivity contribution < 1.29 is 24.2 Å². The van der Waals surface area contributed by atoms with Crippen LogP contribution in [0.1, 0.15) is 41.0 Å². The van der Waals surface area contributed by atoms with Gasteiger partial charge in [-0.05, 0) is 20.3 Å². The van der Waals surface area contributed by atoms with Crippen LogP contribution in [-0.2, 0) is 19.1 Å². The number of ether oxygens (including phenoxy) is 2. The summed E-state index contributed by atoms with van der Waals surface area (Å²) in [4.78, 5) is 21.9. The van der Waals surface area contributed by atoms with E-state index in [4.69, 9.17) is 9.47 Å². The predicted octanol–water partition coefficient (Wildman–Crippen LogP) is 0.622. The molecule has 6 heteroatoms. The van der Waals surface area contributed by atoms with Crippen molar-refractivity contribution >= 4 is 11.9 Å². The molecule has 0 fully saturated rings. The third-order valence-electron chi connectivity index (χ3n) is 2.89. The maximum atomic E-state index is 10.9. The SMILES string of the molecule is CCC(C)(C)NC(CO)(COC(C)=O)COC(C)=O. The van der Waals surface area contributed by atoms with Crippen LogP contribution in [-0.4, -0.2) is 47.9 Å². The summed E-state index contributed by atoms with van der Waals surface area (Å²) in [5, 5.41) is 12.8. The molecule has 0 atom stereocenters. The van der Waals surface area contributed by atoms with E-state index in [0.717, 1.165) is 6.42 Å². The fourth-order valence-corrected chi connectivity index (χ4v) is 1.53. The van der Waals surface area contributed by atoms with Crippen LogP contribution in [0.15, 0.2) is 0 Å². The number of carbonyl (C=O) groups is 2. The zero-order valence-electron chi connectivity index (χ0n) is 12.4. The molecule has 0 radical (unpaired) electrons. The largest absolute Gasteiger partial charge is 0.464 e. The van der Waals surface area contributed by atoms with Crippen molar-refractivity contribution in [3.05, 3.63) is 0 Å². The second-order valence-electron chi connectivity index (χ2n) is 5.36. The highest BCUT2D eigenvalue weighted by atomic mass is 16.5. The van der Waals surface area contributed by atoms with Crippen molar-refractivity contribution in [2.45, 2.75) is 52.1 Å². The Labute approximate surface area is 114 Å². The van der Waals surface area contributed by atoms with Crippen molar-refractivity contribution in [1.29, 1.82) is 0 Å². The highest BCUT2D eigenvalue weighted by Crippen LogP contribution is 2.16. The summed E-state index contributed by atoms with van der Waals surface area (Å²) < 4.78 is 9.94. The molecular formula is C13H25NO5. The molecule has 0 aromatic carbocycles. The first-order valence-corrected chi connectivity index (χ1v) is 6.33. The number of esters is 2. The van der Waals surface area contributed by atoms with Crippen LogP contribution >= 0.6 is 0 Å². The lowest BCUT2D eigenvalue weighted by Gasteiger charge is -2.39. The monoisotopic (exact) mass is 275 g/mol. The standard InChI is InChI=1S/C13H25NO5/c1-6-12(4,5)14-13(7-15,8-18-10(2)16)9-19-11(3)17/h14-15H,6-9H2,1-5H3. The van der Waals surface area contributed by atoms with Gasteiger partial charge >= 0.3 is 11.9 Å². The first-order valence-electron chi connectivity index (χ1n) is 6.33. The summed E-state index contributed by atoms with van der Waals surface area (Å²) >= 11 is 0. The molecule has 0 heterocycles. The molecular weight excluding hydrogens is 250 g/mol. The Morgan fingerprint density at radius 3 is 1.79 bits per heavy atom. The van der Waals surface area contributed by atoms with Gasteiger partial charge in [0.2, 0.25) is 0 Å². The molecule has 0 bridgehead atoms. The van der Waals surface area contributed by atoms with Crippen LogP contribution in [0.2, 0.25) is 0 Å². The van der Waals surface area contributed by atoms with Gasteiger partial charge in [-0.25, -0.2) is 0 Å². The molecule has 0 amide bonds. The van der Waals surface area contributed by atoms with Gasteiger partial charge < -0.3 is 14.6 Å². The summed E-state index contributed by atoms with van der Waals surface area (Å²) in [5.41, 5.74) is -1.28. The number of hydrogen-bond donors (Lipinski definition) is 2. The summed E-state index contributed by atoms with van der Waals surface area (Å²) in [6, 6.07) is 0. The topological polar surface area (TPSA) is 84.9 Å². The minimum atomic E-state index is -0.989. The number of nitrogens with one attached hydrogen (secondary N) is 1. The molecule has 0 aliphatic carbocycles. The van der Waals surface area contributed by atoms with E-state index in [1.165, 1.54) is 13.8 Å². The van der Waals surface area contributed by atoms with Gasteiger partial charge in [0.05, 0.1) is 6.61 Å². The van der Waals surface area contributed by atoms with Crippen LogP contribution < -0.4 is 5.32 Å². The number of rotatable bonds is 8. The zero-order valence-corrected chi connectivity index (χ0v) is 12.4. The maximum Gasteiger partial charge on any atom is 0.302 e. The van der Waals surface area contributed by atoms with Crippen molar-refractivity contribution in [2.75, 3.05) is 19.8 Å². The summed E-state index contributed by atoms with van der Waals surface area (Å²) in [6.07, 6.45) is 0.800. The Bertz CT molecular complexity index is 296.